The number of imidazole rings is 1. The summed E-state index contributed by atoms with van der Waals surface area (Å²) in [5.74, 6) is -1.52. The van der Waals surface area contributed by atoms with E-state index in [-0.39, 0.29) is 35.7 Å². The van der Waals surface area contributed by atoms with Gasteiger partial charge in [0.1, 0.15) is 24.1 Å². The Morgan fingerprint density at radius 2 is 1.83 bits per heavy atom. The van der Waals surface area contributed by atoms with E-state index < -0.39 is 17.6 Å². The van der Waals surface area contributed by atoms with Crippen molar-refractivity contribution in [2.45, 2.75) is 19.6 Å². The van der Waals surface area contributed by atoms with E-state index in [0.717, 1.165) is 6.07 Å². The van der Waals surface area contributed by atoms with Crippen molar-refractivity contribution in [2.75, 3.05) is 13.7 Å². The predicted molar refractivity (Wildman–Crippen MR) is 144 cm³/mol. The number of fused-ring (bicyclic) bond motifs is 1. The molecule has 2 heterocycles. The maximum Gasteiger partial charge on any atom is 0.335 e. The number of hydrogen-bond donors (Lipinski definition) is 1. The fraction of sp³-hybridized carbons (Fsp3) is 0.167. The third kappa shape index (κ3) is 6.03. The third-order valence-corrected chi connectivity index (χ3v) is 6.46. The largest absolute Gasteiger partial charge is 0.478 e. The molecule has 0 saturated heterocycles. The number of carboxylic acids is 1. The van der Waals surface area contributed by atoms with Crippen molar-refractivity contribution in [2.24, 2.45) is 0 Å². The van der Waals surface area contributed by atoms with E-state index in [9.17, 15) is 14.3 Å². The molecular weight excluding hydrogens is 532 g/mol. The van der Waals surface area contributed by atoms with E-state index in [1.54, 1.807) is 37.4 Å². The van der Waals surface area contributed by atoms with E-state index in [0.29, 0.717) is 46.8 Å². The second-order valence-corrected chi connectivity index (χ2v) is 9.10. The van der Waals surface area contributed by atoms with Gasteiger partial charge in [-0.15, -0.1) is 0 Å². The molecule has 0 aliphatic rings. The Labute approximate surface area is 233 Å². The Kier molecular flexibility index (Phi) is 7.94. The maximum atomic E-state index is 15.3. The van der Waals surface area contributed by atoms with Crippen LogP contribution in [0.4, 0.5) is 8.78 Å². The number of carboxylic acid groups (broad SMARTS) is 1. The maximum absolute atomic E-state index is 15.3. The number of hydrogen-bond acceptors (Lipinski definition) is 7. The molecule has 3 aromatic carbocycles. The van der Waals surface area contributed by atoms with Crippen LogP contribution < -0.4 is 4.74 Å². The number of aromatic carboxylic acids is 1. The molecule has 2 aromatic heterocycles. The molecule has 0 aliphatic heterocycles. The normalized spacial score (nSPS) is 11.0. The van der Waals surface area contributed by atoms with Crippen LogP contribution >= 0.6 is 0 Å². The summed E-state index contributed by atoms with van der Waals surface area (Å²) in [5, 5.41) is 18.3. The highest BCUT2D eigenvalue weighted by molar-refractivity contribution is 5.92. The molecule has 0 amide bonds. The zero-order valence-corrected chi connectivity index (χ0v) is 21.8. The van der Waals surface area contributed by atoms with Crippen molar-refractivity contribution in [3.8, 4) is 23.3 Å². The molecule has 0 saturated carbocycles. The highest BCUT2D eigenvalue weighted by Crippen LogP contribution is 2.25. The Hall–Kier alpha value is -5.21. The van der Waals surface area contributed by atoms with E-state index >= 15 is 4.39 Å². The number of aromatic nitrogens is 4. The highest BCUT2D eigenvalue weighted by atomic mass is 19.1. The number of nitrogens with zero attached hydrogens (tertiary/aromatic N) is 5. The average Bonchev–Trinajstić information content (AvgIpc) is 3.32. The van der Waals surface area contributed by atoms with Gasteiger partial charge in [-0.25, -0.2) is 23.5 Å². The molecule has 5 aromatic rings. The van der Waals surface area contributed by atoms with Crippen LogP contribution in [0.2, 0.25) is 0 Å². The van der Waals surface area contributed by atoms with Crippen molar-refractivity contribution in [1.82, 2.24) is 19.5 Å². The van der Waals surface area contributed by atoms with Gasteiger partial charge in [0.2, 0.25) is 0 Å². The zero-order valence-electron chi connectivity index (χ0n) is 21.8. The quantitative estimate of drug-likeness (QED) is 0.251. The summed E-state index contributed by atoms with van der Waals surface area (Å²) in [5.41, 5.74) is 3.10. The van der Waals surface area contributed by atoms with Crippen LogP contribution in [0, 0.1) is 23.0 Å². The molecule has 0 bridgehead atoms. The van der Waals surface area contributed by atoms with Crippen molar-refractivity contribution in [3.05, 3.63) is 107 Å². The van der Waals surface area contributed by atoms with E-state index in [2.05, 4.69) is 15.0 Å². The molecule has 5 rings (SSSR count). The lowest BCUT2D eigenvalue weighted by Crippen LogP contribution is -2.10. The second-order valence-electron chi connectivity index (χ2n) is 9.10. The van der Waals surface area contributed by atoms with Gasteiger partial charge in [-0.1, -0.05) is 18.2 Å². The number of halogens is 2. The first-order chi connectivity index (χ1) is 19.9. The first-order valence-electron chi connectivity index (χ1n) is 12.5. The number of rotatable bonds is 10. The zero-order chi connectivity index (χ0) is 28.9. The molecule has 206 valence electrons. The number of carbonyl (C=O) groups is 1. The Balaban J connectivity index is 1.36. The first kappa shape index (κ1) is 27.4. The minimum absolute atomic E-state index is 0.0108. The lowest BCUT2D eigenvalue weighted by Gasteiger charge is -2.11. The number of ether oxygens (including phenoxy) is 2. The molecule has 11 heteroatoms. The second kappa shape index (κ2) is 11.9. The molecule has 41 heavy (non-hydrogen) atoms. The predicted octanol–water partition coefficient (Wildman–Crippen LogP) is 5.16. The summed E-state index contributed by atoms with van der Waals surface area (Å²) < 4.78 is 42.1. The molecule has 1 N–H and O–H groups in total. The number of methoxy groups -OCH3 is 1. The van der Waals surface area contributed by atoms with Crippen LogP contribution in [0.1, 0.15) is 32.9 Å². The van der Waals surface area contributed by atoms with Crippen molar-refractivity contribution in [3.63, 3.8) is 0 Å². The van der Waals surface area contributed by atoms with Crippen LogP contribution in [0.3, 0.4) is 0 Å². The molecule has 0 spiro atoms. The highest BCUT2D eigenvalue weighted by Gasteiger charge is 2.16. The van der Waals surface area contributed by atoms with Crippen LogP contribution in [-0.4, -0.2) is 44.3 Å². The van der Waals surface area contributed by atoms with Crippen molar-refractivity contribution >= 4 is 17.0 Å². The van der Waals surface area contributed by atoms with Crippen LogP contribution in [0.5, 0.6) is 6.01 Å². The fourth-order valence-electron chi connectivity index (χ4n) is 4.34. The summed E-state index contributed by atoms with van der Waals surface area (Å²) in [6.07, 6.45) is 1.63. The minimum atomic E-state index is -1.05. The van der Waals surface area contributed by atoms with E-state index in [1.807, 2.05) is 10.6 Å². The standard InChI is InChI=1S/C30H23F2N5O4/c1-40-11-10-37-27-14-21(29(38)39)6-7-26(27)35-28(37)15-19-4-5-20(13-24(19)32)25-8-9-34-30(36-25)41-17-22-3-2-18(16-33)12-23(22)31/h2-9,12-14H,10-11,15,17H2,1H3,(H,38,39). The van der Waals surface area contributed by atoms with Gasteiger partial charge in [0, 0.05) is 37.4 Å². The third-order valence-electron chi connectivity index (χ3n) is 6.46. The van der Waals surface area contributed by atoms with Gasteiger partial charge in [0.05, 0.1) is 40.5 Å². The molecule has 0 unspecified atom stereocenters. The smallest absolute Gasteiger partial charge is 0.335 e. The topological polar surface area (TPSA) is 123 Å². The molecular formula is C30H23F2N5O4. The van der Waals surface area contributed by atoms with Crippen LogP contribution in [-0.2, 0) is 24.3 Å². The van der Waals surface area contributed by atoms with Gasteiger partial charge < -0.3 is 19.1 Å². The SMILES string of the molecule is COCCn1c(Cc2ccc(-c3ccnc(OCc4ccc(C#N)cc4F)n3)cc2F)nc2ccc(C(=O)O)cc21. The first-order valence-corrected chi connectivity index (χ1v) is 12.5. The molecule has 0 atom stereocenters. The minimum Gasteiger partial charge on any atom is -0.478 e. The summed E-state index contributed by atoms with van der Waals surface area (Å²) in [6, 6.07) is 16.9. The van der Waals surface area contributed by atoms with Crippen molar-refractivity contribution < 1.29 is 28.2 Å². The van der Waals surface area contributed by atoms with Gasteiger partial charge >= 0.3 is 12.0 Å². The lowest BCUT2D eigenvalue weighted by atomic mass is 10.1. The number of nitriles is 1. The average molecular weight is 556 g/mol. The molecule has 0 radical (unpaired) electrons. The lowest BCUT2D eigenvalue weighted by molar-refractivity contribution is 0.0697. The van der Waals surface area contributed by atoms with Gasteiger partial charge in [0.25, 0.3) is 0 Å². The summed E-state index contributed by atoms with van der Waals surface area (Å²) >= 11 is 0. The van der Waals surface area contributed by atoms with Gasteiger partial charge in [-0.05, 0) is 48.0 Å². The Bertz CT molecular complexity index is 1800. The van der Waals surface area contributed by atoms with Gasteiger partial charge in [0.15, 0.2) is 0 Å². The Morgan fingerprint density at radius 1 is 1.02 bits per heavy atom. The van der Waals surface area contributed by atoms with Crippen LogP contribution in [0.25, 0.3) is 22.3 Å². The number of benzene rings is 3. The Morgan fingerprint density at radius 3 is 2.56 bits per heavy atom. The van der Waals surface area contributed by atoms with Crippen LogP contribution in [0.15, 0.2) is 66.9 Å². The molecule has 9 nitrogen and oxygen atoms in total. The van der Waals surface area contributed by atoms with Gasteiger partial charge in [-0.2, -0.15) is 10.2 Å². The van der Waals surface area contributed by atoms with Crippen molar-refractivity contribution in [1.29, 1.82) is 5.26 Å². The summed E-state index contributed by atoms with van der Waals surface area (Å²) in [6.45, 7) is 0.640. The monoisotopic (exact) mass is 555 g/mol. The van der Waals surface area contributed by atoms with E-state index in [4.69, 9.17) is 14.7 Å². The summed E-state index contributed by atoms with van der Waals surface area (Å²) in [4.78, 5) is 24.5. The fourth-order valence-corrected chi connectivity index (χ4v) is 4.34. The van der Waals surface area contributed by atoms with E-state index in [1.165, 1.54) is 30.5 Å². The van der Waals surface area contributed by atoms with Gasteiger partial charge in [-0.3, -0.25) is 0 Å². The molecule has 0 fully saturated rings. The summed E-state index contributed by atoms with van der Waals surface area (Å²) in [7, 11) is 1.56. The molecule has 0 aliphatic carbocycles.